The lowest BCUT2D eigenvalue weighted by Crippen LogP contribution is -3.28. The van der Waals surface area contributed by atoms with Gasteiger partial charge in [0.05, 0.1) is 13.1 Å². The molecule has 0 radical (unpaired) electrons. The van der Waals surface area contributed by atoms with Gasteiger partial charge in [-0.05, 0) is 18.8 Å². The summed E-state index contributed by atoms with van der Waals surface area (Å²) in [7, 11) is 2.33. The molecule has 14 heavy (non-hydrogen) atoms. The van der Waals surface area contributed by atoms with Gasteiger partial charge in [-0.3, -0.25) is 0 Å². The number of nitrogens with one attached hydrogen (secondary N) is 2. The maximum absolute atomic E-state index is 2.44. The molecule has 0 bridgehead atoms. The number of likely N-dealkylation sites (N-methyl/N-ethyl adjacent to an activating group) is 1. The molecule has 1 aliphatic heterocycles. The van der Waals surface area contributed by atoms with Gasteiger partial charge in [0.25, 0.3) is 0 Å². The van der Waals surface area contributed by atoms with Crippen LogP contribution in [-0.4, -0.2) is 39.3 Å². The molecule has 2 fully saturated rings. The first-order chi connectivity index (χ1) is 6.75. The Morgan fingerprint density at radius 1 is 1.00 bits per heavy atom. The first kappa shape index (κ1) is 10.4. The van der Waals surface area contributed by atoms with Crippen LogP contribution in [0.1, 0.15) is 32.6 Å². The number of piperazine rings is 1. The van der Waals surface area contributed by atoms with Crippen molar-refractivity contribution in [3.05, 3.63) is 0 Å². The van der Waals surface area contributed by atoms with E-state index in [0.717, 1.165) is 12.0 Å². The molecule has 2 rings (SSSR count). The Morgan fingerprint density at radius 3 is 2.36 bits per heavy atom. The van der Waals surface area contributed by atoms with Crippen molar-refractivity contribution in [2.75, 3.05) is 33.2 Å². The fourth-order valence-electron chi connectivity index (χ4n) is 3.21. The van der Waals surface area contributed by atoms with E-state index < -0.39 is 0 Å². The summed E-state index contributed by atoms with van der Waals surface area (Å²) in [6.45, 7) is 8.06. The van der Waals surface area contributed by atoms with E-state index in [2.05, 4.69) is 14.0 Å². The SMILES string of the molecule is C[C@@H]1CCC[C@@H]([NH+]2CC[NH+](C)CC2)C1. The number of hydrogen-bond donors (Lipinski definition) is 2. The second-order valence-corrected chi connectivity index (χ2v) is 5.58. The number of rotatable bonds is 1. The van der Waals surface area contributed by atoms with Crippen molar-refractivity contribution in [2.24, 2.45) is 5.92 Å². The lowest BCUT2D eigenvalue weighted by molar-refractivity contribution is -1.02. The highest BCUT2D eigenvalue weighted by Crippen LogP contribution is 2.21. The second kappa shape index (κ2) is 4.63. The summed E-state index contributed by atoms with van der Waals surface area (Å²) in [6.07, 6.45) is 5.96. The molecule has 1 saturated heterocycles. The van der Waals surface area contributed by atoms with Crippen molar-refractivity contribution >= 4 is 0 Å². The summed E-state index contributed by atoms with van der Waals surface area (Å²) in [5.74, 6) is 0.994. The predicted octanol–water partition coefficient (Wildman–Crippen LogP) is -1.02. The zero-order valence-corrected chi connectivity index (χ0v) is 9.81. The molecule has 0 spiro atoms. The van der Waals surface area contributed by atoms with Crippen LogP contribution < -0.4 is 9.80 Å². The number of quaternary nitrogens is 2. The van der Waals surface area contributed by atoms with Crippen molar-refractivity contribution in [1.29, 1.82) is 0 Å². The molecular weight excluding hydrogens is 172 g/mol. The molecule has 2 aliphatic rings. The Bertz CT molecular complexity index is 173. The Kier molecular flexibility index (Phi) is 3.45. The fourth-order valence-corrected chi connectivity index (χ4v) is 3.21. The second-order valence-electron chi connectivity index (χ2n) is 5.58. The van der Waals surface area contributed by atoms with Gasteiger partial charge in [-0.15, -0.1) is 0 Å². The quantitative estimate of drug-likeness (QED) is 0.534. The van der Waals surface area contributed by atoms with Gasteiger partial charge < -0.3 is 9.80 Å². The molecule has 0 amide bonds. The molecule has 82 valence electrons. The third-order valence-corrected chi connectivity index (χ3v) is 4.26. The molecule has 2 heteroatoms. The smallest absolute Gasteiger partial charge is 0.127 e. The third-order valence-electron chi connectivity index (χ3n) is 4.26. The first-order valence-electron chi connectivity index (χ1n) is 6.41. The summed E-state index contributed by atoms with van der Waals surface area (Å²) in [6, 6.07) is 1.01. The van der Waals surface area contributed by atoms with Gasteiger partial charge >= 0.3 is 0 Å². The lowest BCUT2D eigenvalue weighted by atomic mass is 9.86. The standard InChI is InChI=1S/C12H24N2/c1-11-4-3-5-12(10-11)14-8-6-13(2)7-9-14/h11-12H,3-10H2,1-2H3/p+2/t11-,12-/m1/s1. The van der Waals surface area contributed by atoms with Crippen LogP contribution in [0.25, 0.3) is 0 Å². The highest BCUT2D eigenvalue weighted by atomic mass is 15.3. The average molecular weight is 198 g/mol. The maximum atomic E-state index is 2.44. The highest BCUT2D eigenvalue weighted by Gasteiger charge is 2.30. The summed E-state index contributed by atoms with van der Waals surface area (Å²) in [4.78, 5) is 3.65. The lowest BCUT2D eigenvalue weighted by Gasteiger charge is -2.36. The Labute approximate surface area is 88.3 Å². The summed E-state index contributed by atoms with van der Waals surface area (Å²) in [5.41, 5.74) is 0. The van der Waals surface area contributed by atoms with Crippen molar-refractivity contribution in [3.63, 3.8) is 0 Å². The van der Waals surface area contributed by atoms with E-state index in [-0.39, 0.29) is 0 Å². The largest absolute Gasteiger partial charge is 0.328 e. The predicted molar refractivity (Wildman–Crippen MR) is 58.7 cm³/mol. The van der Waals surface area contributed by atoms with E-state index in [1.165, 1.54) is 51.9 Å². The Morgan fingerprint density at radius 2 is 1.71 bits per heavy atom. The van der Waals surface area contributed by atoms with Crippen LogP contribution in [0, 0.1) is 5.92 Å². The van der Waals surface area contributed by atoms with E-state index >= 15 is 0 Å². The van der Waals surface area contributed by atoms with E-state index in [1.807, 2.05) is 4.90 Å². The van der Waals surface area contributed by atoms with Gasteiger partial charge in [0, 0.05) is 6.42 Å². The van der Waals surface area contributed by atoms with Gasteiger partial charge in [0.15, 0.2) is 0 Å². The normalized spacial score (nSPS) is 45.0. The molecule has 2 atom stereocenters. The Hall–Kier alpha value is -0.0800. The molecule has 1 heterocycles. The van der Waals surface area contributed by atoms with E-state index in [9.17, 15) is 0 Å². The van der Waals surface area contributed by atoms with Crippen LogP contribution in [0.5, 0.6) is 0 Å². The van der Waals surface area contributed by atoms with Crippen LogP contribution in [-0.2, 0) is 0 Å². The molecule has 1 saturated carbocycles. The zero-order chi connectivity index (χ0) is 9.97. The maximum Gasteiger partial charge on any atom is 0.127 e. The fraction of sp³-hybridized carbons (Fsp3) is 1.00. The molecule has 0 aromatic carbocycles. The molecule has 1 aliphatic carbocycles. The topological polar surface area (TPSA) is 8.88 Å². The minimum atomic E-state index is 0.994. The van der Waals surface area contributed by atoms with Crippen molar-refractivity contribution < 1.29 is 9.80 Å². The molecule has 2 N–H and O–H groups in total. The summed E-state index contributed by atoms with van der Waals surface area (Å²) in [5, 5.41) is 0. The first-order valence-corrected chi connectivity index (χ1v) is 6.41. The molecule has 2 nitrogen and oxygen atoms in total. The molecule has 0 unspecified atom stereocenters. The van der Waals surface area contributed by atoms with Gasteiger partial charge in [0.1, 0.15) is 26.2 Å². The average Bonchev–Trinajstić information content (AvgIpc) is 2.19. The van der Waals surface area contributed by atoms with E-state index in [1.54, 1.807) is 4.90 Å². The van der Waals surface area contributed by atoms with Crippen molar-refractivity contribution in [1.82, 2.24) is 0 Å². The summed E-state index contributed by atoms with van der Waals surface area (Å²) >= 11 is 0. The van der Waals surface area contributed by atoms with Crippen molar-refractivity contribution in [2.45, 2.75) is 38.6 Å². The molecular formula is C12H26N2+2. The molecule has 0 aromatic heterocycles. The van der Waals surface area contributed by atoms with E-state index in [0.29, 0.717) is 0 Å². The van der Waals surface area contributed by atoms with Gasteiger partial charge in [-0.25, -0.2) is 0 Å². The summed E-state index contributed by atoms with van der Waals surface area (Å²) < 4.78 is 0. The minimum Gasteiger partial charge on any atom is -0.328 e. The third kappa shape index (κ3) is 2.48. The zero-order valence-electron chi connectivity index (χ0n) is 9.81. The van der Waals surface area contributed by atoms with Gasteiger partial charge in [-0.1, -0.05) is 13.3 Å². The number of hydrogen-bond acceptors (Lipinski definition) is 0. The van der Waals surface area contributed by atoms with Crippen LogP contribution in [0.15, 0.2) is 0 Å². The molecule has 0 aromatic rings. The Balaban J connectivity index is 1.82. The van der Waals surface area contributed by atoms with Crippen LogP contribution in [0.4, 0.5) is 0 Å². The minimum absolute atomic E-state index is 0.994. The van der Waals surface area contributed by atoms with Crippen LogP contribution in [0.3, 0.4) is 0 Å². The van der Waals surface area contributed by atoms with Gasteiger partial charge in [0.2, 0.25) is 0 Å². The van der Waals surface area contributed by atoms with Crippen LogP contribution in [0.2, 0.25) is 0 Å². The van der Waals surface area contributed by atoms with E-state index in [4.69, 9.17) is 0 Å². The van der Waals surface area contributed by atoms with Crippen molar-refractivity contribution in [3.8, 4) is 0 Å². The van der Waals surface area contributed by atoms with Crippen LogP contribution >= 0.6 is 0 Å². The highest BCUT2D eigenvalue weighted by molar-refractivity contribution is 4.69. The monoisotopic (exact) mass is 198 g/mol. The van der Waals surface area contributed by atoms with Gasteiger partial charge in [-0.2, -0.15) is 0 Å².